The maximum absolute atomic E-state index is 13.7. The van der Waals surface area contributed by atoms with Crippen molar-refractivity contribution in [1.82, 2.24) is 0 Å². The van der Waals surface area contributed by atoms with E-state index in [2.05, 4.69) is 121 Å². The molecular weight excluding hydrogens is 694 g/mol. The van der Waals surface area contributed by atoms with Crippen LogP contribution in [-0.4, -0.2) is 6.15 Å². The van der Waals surface area contributed by atoms with Gasteiger partial charge in [-0.1, -0.05) is 121 Å². The van der Waals surface area contributed by atoms with Crippen LogP contribution in [0, 0.1) is 23.3 Å². The second-order valence-corrected chi connectivity index (χ2v) is 16.5. The van der Waals surface area contributed by atoms with Crippen molar-refractivity contribution in [2.75, 3.05) is 0 Å². The molecule has 0 radical (unpaired) electrons. The summed E-state index contributed by atoms with van der Waals surface area (Å²) in [7, 11) is -1.91. The van der Waals surface area contributed by atoms with Gasteiger partial charge in [0.1, 0.15) is 57.9 Å². The molecule has 0 aromatic heterocycles. The molecule has 0 amide bonds. The smallest absolute Gasteiger partial charge is 0.144 e. The average Bonchev–Trinajstić information content (AvgIpc) is 3.23. The normalized spacial score (nSPS) is 11.3. The van der Waals surface area contributed by atoms with Gasteiger partial charge >= 0.3 is 0 Å². The van der Waals surface area contributed by atoms with E-state index in [1.54, 1.807) is 48.5 Å². The van der Waals surface area contributed by atoms with E-state index in [4.69, 9.17) is 0 Å². The molecule has 0 heterocycles. The molecule has 0 N–H and O–H groups in total. The zero-order valence-corrected chi connectivity index (χ0v) is 30.2. The molecule has 0 atom stereocenters. The number of rotatable bonds is 8. The van der Waals surface area contributed by atoms with Crippen molar-refractivity contribution in [2.24, 2.45) is 0 Å². The Morgan fingerprint density at radius 1 is 0.241 bits per heavy atom. The Kier molecular flexibility index (Phi) is 11.0. The van der Waals surface area contributed by atoms with Crippen LogP contribution in [0.15, 0.2) is 218 Å². The minimum absolute atomic E-state index is 0.393. The lowest BCUT2D eigenvalue weighted by Gasteiger charge is -2.44. The second-order valence-electron chi connectivity index (χ2n) is 13.1. The molecule has 264 valence electrons. The standard InChI is InChI=1S/C24H16BF4.C24H20P/c26-21-9-1-17(2-10-21)25(18-3-11-22(27)12-4-18,19-5-13-23(28)14-6-19)20-7-15-24(29)16-8-20;1-5-13-21(14-6-1)25(22-15-7-2-8-16-22,23-17-9-3-10-18-23)24-19-11-4-12-20-24/h1-16H;1-20H/q-1;+1. The molecule has 0 aliphatic carbocycles. The maximum atomic E-state index is 13.7. The zero-order chi connectivity index (χ0) is 37.4. The summed E-state index contributed by atoms with van der Waals surface area (Å²) >= 11 is 0. The molecular formula is C48H36BF4P. The second kappa shape index (κ2) is 16.3. The van der Waals surface area contributed by atoms with E-state index in [-0.39, 0.29) is 0 Å². The van der Waals surface area contributed by atoms with Crippen molar-refractivity contribution in [2.45, 2.75) is 0 Å². The van der Waals surface area contributed by atoms with Crippen LogP contribution in [-0.2, 0) is 0 Å². The first-order valence-corrected chi connectivity index (χ1v) is 19.5. The highest BCUT2D eigenvalue weighted by Gasteiger charge is 2.47. The minimum atomic E-state index is -1.94. The molecule has 8 aromatic rings. The Labute approximate surface area is 314 Å². The van der Waals surface area contributed by atoms with Crippen LogP contribution in [0.1, 0.15) is 0 Å². The van der Waals surface area contributed by atoms with Gasteiger partial charge in [-0.3, -0.25) is 0 Å². The summed E-state index contributed by atoms with van der Waals surface area (Å²) in [5.41, 5.74) is 2.99. The first-order valence-electron chi connectivity index (χ1n) is 17.7. The van der Waals surface area contributed by atoms with Gasteiger partial charge in [-0.25, -0.2) is 17.6 Å². The first-order chi connectivity index (χ1) is 26.4. The van der Waals surface area contributed by atoms with E-state index < -0.39 is 36.7 Å². The van der Waals surface area contributed by atoms with Crippen molar-refractivity contribution in [3.8, 4) is 0 Å². The molecule has 0 saturated carbocycles. The third kappa shape index (κ3) is 7.16. The Bertz CT molecular complexity index is 2020. The van der Waals surface area contributed by atoms with Crippen LogP contribution in [0.5, 0.6) is 0 Å². The van der Waals surface area contributed by atoms with E-state index in [1.807, 2.05) is 0 Å². The monoisotopic (exact) mass is 730 g/mol. The molecule has 8 rings (SSSR count). The Morgan fingerprint density at radius 3 is 0.611 bits per heavy atom. The molecule has 0 saturated heterocycles. The zero-order valence-electron chi connectivity index (χ0n) is 29.3. The van der Waals surface area contributed by atoms with E-state index in [1.165, 1.54) is 69.7 Å². The van der Waals surface area contributed by atoms with Gasteiger partial charge in [-0.15, -0.1) is 0 Å². The first kappa shape index (κ1) is 36.3. The fraction of sp³-hybridized carbons (Fsp3) is 0. The van der Waals surface area contributed by atoms with Gasteiger partial charge in [-0.05, 0) is 97.1 Å². The summed E-state index contributed by atoms with van der Waals surface area (Å²) in [4.78, 5) is 0. The molecule has 8 aromatic carbocycles. The fourth-order valence-electron chi connectivity index (χ4n) is 7.66. The predicted molar refractivity (Wildman–Crippen MR) is 221 cm³/mol. The van der Waals surface area contributed by atoms with Crippen molar-refractivity contribution >= 4 is 56.5 Å². The lowest BCUT2D eigenvalue weighted by atomic mass is 9.13. The predicted octanol–water partition coefficient (Wildman–Crippen LogP) is 7.93. The summed E-state index contributed by atoms with van der Waals surface area (Å²) in [6, 6.07) is 67.9. The molecule has 54 heavy (non-hydrogen) atoms. The summed E-state index contributed by atoms with van der Waals surface area (Å²) in [6.45, 7) is 0. The SMILES string of the molecule is Fc1ccc([B-](c2ccc(F)cc2)(c2ccc(F)cc2)c2ccc(F)cc2)cc1.c1ccc([P+](c2ccccc2)(c2ccccc2)c2ccccc2)cc1. The van der Waals surface area contributed by atoms with Crippen molar-refractivity contribution in [3.63, 3.8) is 0 Å². The molecule has 0 aliphatic heterocycles. The van der Waals surface area contributed by atoms with E-state index in [0.717, 1.165) is 21.9 Å². The van der Waals surface area contributed by atoms with E-state index >= 15 is 0 Å². The quantitative estimate of drug-likeness (QED) is 0.0848. The lowest BCUT2D eigenvalue weighted by Crippen LogP contribution is -2.74. The summed E-state index contributed by atoms with van der Waals surface area (Å²) in [5.74, 6) is -1.57. The third-order valence-corrected chi connectivity index (χ3v) is 14.3. The van der Waals surface area contributed by atoms with Gasteiger partial charge in [0.2, 0.25) is 0 Å². The highest BCUT2D eigenvalue weighted by Crippen LogP contribution is 2.54. The van der Waals surface area contributed by atoms with Crippen molar-refractivity contribution in [1.29, 1.82) is 0 Å². The third-order valence-electron chi connectivity index (χ3n) is 10.1. The van der Waals surface area contributed by atoms with Gasteiger partial charge in [-0.2, -0.15) is 21.9 Å². The van der Waals surface area contributed by atoms with Crippen LogP contribution in [0.4, 0.5) is 17.6 Å². The lowest BCUT2D eigenvalue weighted by molar-refractivity contribution is 0.628. The van der Waals surface area contributed by atoms with Crippen LogP contribution in [0.25, 0.3) is 0 Å². The largest absolute Gasteiger partial charge is 0.207 e. The molecule has 0 nitrogen and oxygen atoms in total. The van der Waals surface area contributed by atoms with Crippen LogP contribution < -0.4 is 43.1 Å². The van der Waals surface area contributed by atoms with Crippen LogP contribution in [0.3, 0.4) is 0 Å². The van der Waals surface area contributed by atoms with Gasteiger partial charge in [0.05, 0.1) is 0 Å². The van der Waals surface area contributed by atoms with Crippen LogP contribution in [0.2, 0.25) is 0 Å². The Morgan fingerprint density at radius 2 is 0.426 bits per heavy atom. The number of hydrogen-bond donors (Lipinski definition) is 0. The average molecular weight is 731 g/mol. The summed E-state index contributed by atoms with van der Waals surface area (Å²) in [5, 5.41) is 5.55. The van der Waals surface area contributed by atoms with Gasteiger partial charge in [0, 0.05) is 0 Å². The number of hydrogen-bond acceptors (Lipinski definition) is 0. The van der Waals surface area contributed by atoms with Crippen molar-refractivity contribution < 1.29 is 17.6 Å². The summed E-state index contributed by atoms with van der Waals surface area (Å²) < 4.78 is 54.8. The molecule has 6 heteroatoms. The van der Waals surface area contributed by atoms with Gasteiger partial charge in [0.25, 0.3) is 0 Å². The van der Waals surface area contributed by atoms with Gasteiger partial charge in [0.15, 0.2) is 0 Å². The van der Waals surface area contributed by atoms with Crippen LogP contribution >= 0.6 is 7.26 Å². The molecule has 0 unspecified atom stereocenters. The Hall–Kier alpha value is -6.03. The molecule has 0 fully saturated rings. The van der Waals surface area contributed by atoms with Crippen molar-refractivity contribution in [3.05, 3.63) is 242 Å². The fourth-order valence-corrected chi connectivity index (χ4v) is 11.9. The number of halogens is 4. The molecule has 0 aliphatic rings. The molecule has 0 bridgehead atoms. The van der Waals surface area contributed by atoms with E-state index in [9.17, 15) is 17.6 Å². The van der Waals surface area contributed by atoms with E-state index in [0.29, 0.717) is 0 Å². The summed E-state index contributed by atoms with van der Waals surface area (Å²) in [6.07, 6.45) is -1.94. The highest BCUT2D eigenvalue weighted by molar-refractivity contribution is 8.01. The van der Waals surface area contributed by atoms with Gasteiger partial charge < -0.3 is 0 Å². The minimum Gasteiger partial charge on any atom is -0.207 e. The Balaban J connectivity index is 0.000000168. The molecule has 0 spiro atoms. The topological polar surface area (TPSA) is 0 Å². The maximum Gasteiger partial charge on any atom is 0.144 e. The number of benzene rings is 8. The highest BCUT2D eigenvalue weighted by atomic mass is 31.2.